The van der Waals surface area contributed by atoms with Crippen molar-refractivity contribution >= 4 is 5.78 Å². The van der Waals surface area contributed by atoms with Gasteiger partial charge in [0.2, 0.25) is 0 Å². The van der Waals surface area contributed by atoms with Gasteiger partial charge in [-0.1, -0.05) is 19.8 Å². The van der Waals surface area contributed by atoms with E-state index in [4.69, 9.17) is 0 Å². The van der Waals surface area contributed by atoms with Crippen LogP contribution in [0, 0.1) is 5.92 Å². The van der Waals surface area contributed by atoms with Crippen molar-refractivity contribution in [3.8, 4) is 0 Å². The Kier molecular flexibility index (Phi) is 5.12. The summed E-state index contributed by atoms with van der Waals surface area (Å²) < 4.78 is 0. The second-order valence-electron chi connectivity index (χ2n) is 3.10. The predicted octanol–water partition coefficient (Wildman–Crippen LogP) is 1.76. The first-order chi connectivity index (χ1) is 5.09. The van der Waals surface area contributed by atoms with Crippen LogP contribution in [0.25, 0.3) is 0 Å². The number of unbranched alkanes of at least 4 members (excludes halogenated alkanes) is 1. The standard InChI is InChI=1S/C9H18O2/c1-4-5-6-9(7(2)10)8(3)11/h7,9-10H,4-6H2,1-3H3. The summed E-state index contributed by atoms with van der Waals surface area (Å²) in [5, 5.41) is 9.19. The van der Waals surface area contributed by atoms with Gasteiger partial charge in [0.25, 0.3) is 0 Å². The Balaban J connectivity index is 3.80. The quantitative estimate of drug-likeness (QED) is 0.662. The minimum absolute atomic E-state index is 0.105. The molecular formula is C9H18O2. The van der Waals surface area contributed by atoms with Gasteiger partial charge in [0, 0.05) is 5.92 Å². The zero-order valence-electron chi connectivity index (χ0n) is 7.63. The average molecular weight is 158 g/mol. The maximum absolute atomic E-state index is 10.9. The van der Waals surface area contributed by atoms with Gasteiger partial charge in [-0.05, 0) is 20.3 Å². The lowest BCUT2D eigenvalue weighted by Crippen LogP contribution is -2.23. The molecule has 66 valence electrons. The largest absolute Gasteiger partial charge is 0.393 e. The first-order valence-corrected chi connectivity index (χ1v) is 4.28. The highest BCUT2D eigenvalue weighted by atomic mass is 16.3. The molecule has 0 aliphatic carbocycles. The average Bonchev–Trinajstić information content (AvgIpc) is 1.87. The zero-order valence-corrected chi connectivity index (χ0v) is 7.63. The molecule has 0 fully saturated rings. The molecule has 0 aromatic heterocycles. The van der Waals surface area contributed by atoms with Crippen molar-refractivity contribution in [2.24, 2.45) is 5.92 Å². The van der Waals surface area contributed by atoms with Gasteiger partial charge in [-0.2, -0.15) is 0 Å². The molecule has 0 radical (unpaired) electrons. The van der Waals surface area contributed by atoms with Gasteiger partial charge in [-0.25, -0.2) is 0 Å². The van der Waals surface area contributed by atoms with Gasteiger partial charge in [0.05, 0.1) is 6.10 Å². The fourth-order valence-corrected chi connectivity index (χ4v) is 1.21. The van der Waals surface area contributed by atoms with Crippen LogP contribution in [0.5, 0.6) is 0 Å². The number of hydrogen-bond donors (Lipinski definition) is 1. The van der Waals surface area contributed by atoms with Crippen LogP contribution < -0.4 is 0 Å². The summed E-state index contributed by atoms with van der Waals surface area (Å²) in [5.74, 6) is -0.0385. The summed E-state index contributed by atoms with van der Waals surface area (Å²) in [6.07, 6.45) is 2.44. The Bertz CT molecular complexity index is 119. The minimum Gasteiger partial charge on any atom is -0.393 e. The zero-order chi connectivity index (χ0) is 8.85. The fourth-order valence-electron chi connectivity index (χ4n) is 1.21. The SMILES string of the molecule is CCCCC(C(C)=O)C(C)O. The Labute approximate surface area is 68.6 Å². The molecule has 0 saturated carbocycles. The van der Waals surface area contributed by atoms with Crippen LogP contribution in [0.15, 0.2) is 0 Å². The van der Waals surface area contributed by atoms with Crippen LogP contribution in [0.1, 0.15) is 40.0 Å². The molecule has 0 aromatic carbocycles. The fraction of sp³-hybridized carbons (Fsp3) is 0.889. The van der Waals surface area contributed by atoms with Crippen LogP contribution in [0.4, 0.5) is 0 Å². The van der Waals surface area contributed by atoms with E-state index in [1.54, 1.807) is 13.8 Å². The van der Waals surface area contributed by atoms with Gasteiger partial charge >= 0.3 is 0 Å². The molecule has 0 bridgehead atoms. The lowest BCUT2D eigenvalue weighted by Gasteiger charge is -2.15. The molecule has 2 unspecified atom stereocenters. The van der Waals surface area contributed by atoms with Gasteiger partial charge in [0.15, 0.2) is 0 Å². The summed E-state index contributed by atoms with van der Waals surface area (Å²) in [4.78, 5) is 10.9. The van der Waals surface area contributed by atoms with Crippen molar-refractivity contribution in [2.75, 3.05) is 0 Å². The molecule has 0 saturated heterocycles. The molecule has 0 rings (SSSR count). The summed E-state index contributed by atoms with van der Waals surface area (Å²) in [5.41, 5.74) is 0. The number of hydrogen-bond acceptors (Lipinski definition) is 2. The predicted molar refractivity (Wildman–Crippen MR) is 45.4 cm³/mol. The highest BCUT2D eigenvalue weighted by Gasteiger charge is 2.18. The highest BCUT2D eigenvalue weighted by Crippen LogP contribution is 2.13. The maximum atomic E-state index is 10.9. The molecule has 1 N–H and O–H groups in total. The second-order valence-corrected chi connectivity index (χ2v) is 3.10. The first-order valence-electron chi connectivity index (χ1n) is 4.28. The van der Waals surface area contributed by atoms with Crippen molar-refractivity contribution in [3.05, 3.63) is 0 Å². The van der Waals surface area contributed by atoms with E-state index >= 15 is 0 Å². The van der Waals surface area contributed by atoms with Crippen LogP contribution in [0.3, 0.4) is 0 Å². The van der Waals surface area contributed by atoms with E-state index in [1.807, 2.05) is 0 Å². The molecule has 2 atom stereocenters. The van der Waals surface area contributed by atoms with E-state index in [2.05, 4.69) is 6.92 Å². The monoisotopic (exact) mass is 158 g/mol. The van der Waals surface area contributed by atoms with Crippen molar-refractivity contribution in [1.29, 1.82) is 0 Å². The smallest absolute Gasteiger partial charge is 0.135 e. The maximum Gasteiger partial charge on any atom is 0.135 e. The molecule has 0 spiro atoms. The van der Waals surface area contributed by atoms with Crippen LogP contribution in [-0.2, 0) is 4.79 Å². The van der Waals surface area contributed by atoms with E-state index in [-0.39, 0.29) is 11.7 Å². The first kappa shape index (κ1) is 10.6. The number of ketones is 1. The molecule has 11 heavy (non-hydrogen) atoms. The Morgan fingerprint density at radius 3 is 2.36 bits per heavy atom. The van der Waals surface area contributed by atoms with E-state index in [0.29, 0.717) is 0 Å². The Morgan fingerprint density at radius 2 is 2.09 bits per heavy atom. The molecule has 0 aliphatic rings. The van der Waals surface area contributed by atoms with Crippen LogP contribution in [-0.4, -0.2) is 17.0 Å². The van der Waals surface area contributed by atoms with Crippen LogP contribution in [0.2, 0.25) is 0 Å². The van der Waals surface area contributed by atoms with E-state index < -0.39 is 6.10 Å². The molecule has 0 heterocycles. The third-order valence-corrected chi connectivity index (χ3v) is 1.97. The van der Waals surface area contributed by atoms with Crippen LogP contribution >= 0.6 is 0 Å². The van der Waals surface area contributed by atoms with E-state index in [1.165, 1.54) is 0 Å². The Hall–Kier alpha value is -0.370. The van der Waals surface area contributed by atoms with Gasteiger partial charge in [0.1, 0.15) is 5.78 Å². The number of aliphatic hydroxyl groups is 1. The normalized spacial score (nSPS) is 16.0. The van der Waals surface area contributed by atoms with Gasteiger partial charge in [-0.15, -0.1) is 0 Å². The number of carbonyl (C=O) groups is 1. The van der Waals surface area contributed by atoms with Gasteiger partial charge < -0.3 is 5.11 Å². The number of aliphatic hydroxyl groups excluding tert-OH is 1. The third-order valence-electron chi connectivity index (χ3n) is 1.97. The number of Topliss-reactive ketones (excluding diaryl/α,β-unsaturated/α-hetero) is 1. The molecule has 0 aliphatic heterocycles. The van der Waals surface area contributed by atoms with Crippen molar-refractivity contribution in [2.45, 2.75) is 46.1 Å². The topological polar surface area (TPSA) is 37.3 Å². The highest BCUT2D eigenvalue weighted by molar-refractivity contribution is 5.78. The van der Waals surface area contributed by atoms with Crippen molar-refractivity contribution in [3.63, 3.8) is 0 Å². The molecule has 0 aromatic rings. The number of carbonyl (C=O) groups excluding carboxylic acids is 1. The number of rotatable bonds is 5. The Morgan fingerprint density at radius 1 is 1.55 bits per heavy atom. The lowest BCUT2D eigenvalue weighted by molar-refractivity contribution is -0.124. The summed E-state index contributed by atoms with van der Waals surface area (Å²) in [7, 11) is 0. The minimum atomic E-state index is -0.487. The van der Waals surface area contributed by atoms with Gasteiger partial charge in [-0.3, -0.25) is 4.79 Å². The van der Waals surface area contributed by atoms with E-state index in [9.17, 15) is 9.90 Å². The summed E-state index contributed by atoms with van der Waals surface area (Å²) >= 11 is 0. The van der Waals surface area contributed by atoms with Crippen molar-refractivity contribution in [1.82, 2.24) is 0 Å². The van der Waals surface area contributed by atoms with Crippen molar-refractivity contribution < 1.29 is 9.90 Å². The second kappa shape index (κ2) is 5.30. The summed E-state index contributed by atoms with van der Waals surface area (Å²) in [6.45, 7) is 5.31. The lowest BCUT2D eigenvalue weighted by atomic mass is 9.93. The molecule has 2 heteroatoms. The molecular weight excluding hydrogens is 140 g/mol. The third kappa shape index (κ3) is 4.14. The molecule has 0 amide bonds. The summed E-state index contributed by atoms with van der Waals surface area (Å²) in [6, 6.07) is 0. The molecule has 2 nitrogen and oxygen atoms in total. The van der Waals surface area contributed by atoms with E-state index in [0.717, 1.165) is 19.3 Å².